The molecule has 0 saturated heterocycles. The van der Waals surface area contributed by atoms with Crippen LogP contribution in [0.5, 0.6) is 0 Å². The van der Waals surface area contributed by atoms with Gasteiger partial charge in [-0.1, -0.05) is 18.2 Å². The van der Waals surface area contributed by atoms with Crippen LogP contribution in [0.1, 0.15) is 11.3 Å². The number of hydrogen-bond acceptors (Lipinski definition) is 2. The lowest BCUT2D eigenvalue weighted by Crippen LogP contribution is -2.07. The molecule has 0 fully saturated rings. The third-order valence-electron chi connectivity index (χ3n) is 3.05. The Morgan fingerprint density at radius 1 is 1.19 bits per heavy atom. The second kappa shape index (κ2) is 2.98. The Hall–Kier alpha value is -2.03. The van der Waals surface area contributed by atoms with E-state index in [4.69, 9.17) is 5.84 Å². The van der Waals surface area contributed by atoms with Gasteiger partial charge in [0.2, 0.25) is 0 Å². The van der Waals surface area contributed by atoms with Gasteiger partial charge in [0.1, 0.15) is 0 Å². The lowest BCUT2D eigenvalue weighted by Gasteiger charge is -2.00. The van der Waals surface area contributed by atoms with E-state index in [-0.39, 0.29) is 0 Å². The third kappa shape index (κ3) is 1.05. The van der Waals surface area contributed by atoms with Gasteiger partial charge in [0.15, 0.2) is 0 Å². The molecule has 0 atom stereocenters. The van der Waals surface area contributed by atoms with Gasteiger partial charge in [-0.2, -0.15) is 0 Å². The van der Waals surface area contributed by atoms with Crippen LogP contribution in [-0.4, -0.2) is 9.66 Å². The predicted octanol–water partition coefficient (Wildman–Crippen LogP) is 2.52. The molecule has 0 aliphatic heterocycles. The minimum atomic E-state index is 0.981. The van der Waals surface area contributed by atoms with Gasteiger partial charge in [-0.05, 0) is 25.5 Å². The second-order valence-corrected chi connectivity index (χ2v) is 4.18. The number of nitrogen functional groups attached to an aromatic ring is 1. The van der Waals surface area contributed by atoms with Crippen LogP contribution >= 0.6 is 0 Å². The Bertz CT molecular complexity index is 695. The summed E-state index contributed by atoms with van der Waals surface area (Å²) in [4.78, 5) is 4.29. The zero-order chi connectivity index (χ0) is 11.3. The Morgan fingerprint density at radius 3 is 2.81 bits per heavy atom. The van der Waals surface area contributed by atoms with E-state index in [0.29, 0.717) is 0 Å². The van der Waals surface area contributed by atoms with Gasteiger partial charge in [0.25, 0.3) is 0 Å². The lowest BCUT2D eigenvalue weighted by atomic mass is 10.1. The summed E-state index contributed by atoms with van der Waals surface area (Å²) in [5, 5.41) is 2.37. The smallest absolute Gasteiger partial charge is 0.0887 e. The number of aromatic nitrogens is 2. The second-order valence-electron chi connectivity index (χ2n) is 4.18. The highest BCUT2D eigenvalue weighted by atomic mass is 15.3. The number of benzene rings is 1. The van der Waals surface area contributed by atoms with Gasteiger partial charge < -0.3 is 5.84 Å². The minimum Gasteiger partial charge on any atom is -0.338 e. The van der Waals surface area contributed by atoms with Crippen LogP contribution in [0.4, 0.5) is 0 Å². The fraction of sp³-hybridized carbons (Fsp3) is 0.154. The number of rotatable bonds is 0. The number of nitrogens with zero attached hydrogens (tertiary/aromatic N) is 2. The normalized spacial score (nSPS) is 11.4. The van der Waals surface area contributed by atoms with E-state index in [1.807, 2.05) is 13.1 Å². The molecule has 2 heterocycles. The SMILES string of the molecule is Cc1cc2c3cccc(C)c3n(N)c2cn1. The van der Waals surface area contributed by atoms with Gasteiger partial charge in [-0.3, -0.25) is 9.66 Å². The molecule has 0 amide bonds. The molecule has 3 nitrogen and oxygen atoms in total. The molecule has 0 aliphatic carbocycles. The van der Waals surface area contributed by atoms with E-state index in [0.717, 1.165) is 16.7 Å². The number of nitrogens with two attached hydrogens (primary N) is 1. The van der Waals surface area contributed by atoms with Gasteiger partial charge in [-0.15, -0.1) is 0 Å². The van der Waals surface area contributed by atoms with Crippen molar-refractivity contribution in [1.29, 1.82) is 0 Å². The monoisotopic (exact) mass is 211 g/mol. The van der Waals surface area contributed by atoms with Crippen LogP contribution in [0.25, 0.3) is 21.8 Å². The zero-order valence-corrected chi connectivity index (χ0v) is 9.36. The standard InChI is InChI=1S/C13H13N3/c1-8-4-3-5-10-11-6-9(2)15-7-12(11)16(14)13(8)10/h3-7H,14H2,1-2H3. The Kier molecular flexibility index (Phi) is 1.72. The molecule has 0 aliphatic rings. The molecule has 0 unspecified atom stereocenters. The quantitative estimate of drug-likeness (QED) is 0.581. The molecule has 1 aromatic carbocycles. The van der Waals surface area contributed by atoms with Crippen LogP contribution in [0.3, 0.4) is 0 Å². The number of hydrogen-bond donors (Lipinski definition) is 1. The minimum absolute atomic E-state index is 0.981. The van der Waals surface area contributed by atoms with Crippen molar-refractivity contribution in [3.05, 3.63) is 41.7 Å². The van der Waals surface area contributed by atoms with Crippen molar-refractivity contribution in [3.8, 4) is 0 Å². The maximum Gasteiger partial charge on any atom is 0.0887 e. The summed E-state index contributed by atoms with van der Waals surface area (Å²) < 4.78 is 1.73. The number of pyridine rings is 1. The molecule has 0 radical (unpaired) electrons. The number of fused-ring (bicyclic) bond motifs is 3. The average Bonchev–Trinajstić information content (AvgIpc) is 2.54. The Morgan fingerprint density at radius 2 is 2.00 bits per heavy atom. The van der Waals surface area contributed by atoms with Crippen molar-refractivity contribution in [3.63, 3.8) is 0 Å². The van der Waals surface area contributed by atoms with Crippen LogP contribution in [0, 0.1) is 13.8 Å². The molecule has 80 valence electrons. The molecule has 3 heteroatoms. The maximum absolute atomic E-state index is 6.10. The summed E-state index contributed by atoms with van der Waals surface area (Å²) in [7, 11) is 0. The topological polar surface area (TPSA) is 43.8 Å². The highest BCUT2D eigenvalue weighted by molar-refractivity contribution is 6.08. The highest BCUT2D eigenvalue weighted by Gasteiger charge is 2.10. The third-order valence-corrected chi connectivity index (χ3v) is 3.05. The van der Waals surface area contributed by atoms with E-state index in [9.17, 15) is 0 Å². The fourth-order valence-electron chi connectivity index (χ4n) is 2.28. The fourth-order valence-corrected chi connectivity index (χ4v) is 2.28. The van der Waals surface area contributed by atoms with Crippen LogP contribution in [0.15, 0.2) is 30.5 Å². The number of aryl methyl sites for hydroxylation is 2. The summed E-state index contributed by atoms with van der Waals surface area (Å²) in [6.07, 6.45) is 1.84. The van der Waals surface area contributed by atoms with Gasteiger partial charge >= 0.3 is 0 Å². The van der Waals surface area contributed by atoms with Gasteiger partial charge in [0.05, 0.1) is 17.2 Å². The van der Waals surface area contributed by atoms with Crippen LogP contribution < -0.4 is 5.84 Å². The average molecular weight is 211 g/mol. The van der Waals surface area contributed by atoms with Crippen molar-refractivity contribution in [1.82, 2.24) is 9.66 Å². The van der Waals surface area contributed by atoms with Crippen LogP contribution in [0.2, 0.25) is 0 Å². The van der Waals surface area contributed by atoms with Gasteiger partial charge in [0, 0.05) is 16.5 Å². The van der Waals surface area contributed by atoms with Crippen molar-refractivity contribution < 1.29 is 0 Å². The Balaban J connectivity index is 2.65. The van der Waals surface area contributed by atoms with E-state index < -0.39 is 0 Å². The molecule has 3 rings (SSSR count). The summed E-state index contributed by atoms with van der Waals surface area (Å²) in [5.41, 5.74) is 4.27. The molecular weight excluding hydrogens is 198 g/mol. The first-order valence-electron chi connectivity index (χ1n) is 5.30. The molecule has 0 spiro atoms. The molecule has 16 heavy (non-hydrogen) atoms. The van der Waals surface area contributed by atoms with Crippen molar-refractivity contribution in [2.45, 2.75) is 13.8 Å². The summed E-state index contributed by atoms with van der Waals surface area (Å²) in [5.74, 6) is 6.10. The summed E-state index contributed by atoms with van der Waals surface area (Å²) in [6, 6.07) is 8.33. The molecule has 3 aromatic rings. The number of para-hydroxylation sites is 1. The van der Waals surface area contributed by atoms with E-state index in [1.54, 1.807) is 4.68 Å². The van der Waals surface area contributed by atoms with Crippen molar-refractivity contribution in [2.24, 2.45) is 0 Å². The summed E-state index contributed by atoms with van der Waals surface area (Å²) in [6.45, 7) is 4.07. The largest absolute Gasteiger partial charge is 0.338 e. The Labute approximate surface area is 93.5 Å². The predicted molar refractivity (Wildman–Crippen MR) is 66.9 cm³/mol. The molecule has 0 bridgehead atoms. The molecule has 0 saturated carbocycles. The lowest BCUT2D eigenvalue weighted by molar-refractivity contribution is 1.09. The first kappa shape index (κ1) is 9.21. The first-order chi connectivity index (χ1) is 7.68. The first-order valence-corrected chi connectivity index (χ1v) is 5.30. The zero-order valence-electron chi connectivity index (χ0n) is 9.36. The molecule has 2 aromatic heterocycles. The van der Waals surface area contributed by atoms with E-state index in [1.165, 1.54) is 16.3 Å². The molecule has 2 N–H and O–H groups in total. The highest BCUT2D eigenvalue weighted by Crippen LogP contribution is 2.28. The van der Waals surface area contributed by atoms with Crippen LogP contribution in [-0.2, 0) is 0 Å². The van der Waals surface area contributed by atoms with Crippen molar-refractivity contribution >= 4 is 21.8 Å². The summed E-state index contributed by atoms with van der Waals surface area (Å²) >= 11 is 0. The van der Waals surface area contributed by atoms with E-state index >= 15 is 0 Å². The molecular formula is C13H13N3. The van der Waals surface area contributed by atoms with E-state index in [2.05, 4.69) is 36.2 Å². The van der Waals surface area contributed by atoms with Crippen molar-refractivity contribution in [2.75, 3.05) is 5.84 Å². The maximum atomic E-state index is 6.10. The van der Waals surface area contributed by atoms with Gasteiger partial charge in [-0.25, -0.2) is 0 Å².